The van der Waals surface area contributed by atoms with Crippen molar-refractivity contribution in [3.63, 3.8) is 0 Å². The van der Waals surface area contributed by atoms with Gasteiger partial charge < -0.3 is 19.9 Å². The Morgan fingerprint density at radius 3 is 2.43 bits per heavy atom. The highest BCUT2D eigenvalue weighted by molar-refractivity contribution is 5.94. The van der Waals surface area contributed by atoms with E-state index >= 15 is 0 Å². The van der Waals surface area contributed by atoms with E-state index in [4.69, 9.17) is 9.26 Å². The molecule has 37 heavy (non-hydrogen) atoms. The molecule has 0 radical (unpaired) electrons. The molecule has 0 bridgehead atoms. The molecule has 3 aromatic carbocycles. The highest BCUT2D eigenvalue weighted by atomic mass is 19.1. The lowest BCUT2D eigenvalue weighted by Gasteiger charge is -2.15. The van der Waals surface area contributed by atoms with Crippen molar-refractivity contribution in [1.29, 1.82) is 0 Å². The van der Waals surface area contributed by atoms with Gasteiger partial charge in [0.2, 0.25) is 17.6 Å². The molecule has 2 N–H and O–H groups in total. The molecule has 4 aromatic rings. The lowest BCUT2D eigenvalue weighted by Crippen LogP contribution is -2.31. The van der Waals surface area contributed by atoms with Crippen LogP contribution in [0.3, 0.4) is 0 Å². The summed E-state index contributed by atoms with van der Waals surface area (Å²) in [4.78, 5) is 29.5. The molecule has 0 saturated heterocycles. The van der Waals surface area contributed by atoms with Crippen LogP contribution in [0.5, 0.6) is 5.75 Å². The van der Waals surface area contributed by atoms with E-state index < -0.39 is 6.04 Å². The van der Waals surface area contributed by atoms with E-state index in [2.05, 4.69) is 20.8 Å². The van der Waals surface area contributed by atoms with E-state index in [1.807, 2.05) is 30.3 Å². The van der Waals surface area contributed by atoms with Gasteiger partial charge in [0.05, 0.1) is 7.11 Å². The van der Waals surface area contributed by atoms with E-state index in [0.29, 0.717) is 42.1 Å². The molecule has 4 rings (SSSR count). The second-order valence-corrected chi connectivity index (χ2v) is 8.36. The van der Waals surface area contributed by atoms with Gasteiger partial charge in [-0.05, 0) is 60.5 Å². The minimum atomic E-state index is -0.550. The fourth-order valence-electron chi connectivity index (χ4n) is 3.70. The summed E-state index contributed by atoms with van der Waals surface area (Å²) in [6.45, 7) is 0.344. The standard InChI is InChI=1S/C28H27FN4O4/c1-36-23-15-11-21(12-16-23)27(35)30-17-5-8-25(34)31-24(18-19-6-3-2-4-7-19)28-32-26(33-37-28)20-9-13-22(29)14-10-20/h2-4,6-7,9-16,24H,5,8,17-18H2,1H3,(H,30,35)(H,31,34)/t24-/m0/s1. The lowest BCUT2D eigenvalue weighted by molar-refractivity contribution is -0.122. The maximum Gasteiger partial charge on any atom is 0.251 e. The van der Waals surface area contributed by atoms with Crippen molar-refractivity contribution in [2.75, 3.05) is 13.7 Å². The van der Waals surface area contributed by atoms with Gasteiger partial charge in [-0.2, -0.15) is 4.98 Å². The first-order valence-electron chi connectivity index (χ1n) is 11.9. The summed E-state index contributed by atoms with van der Waals surface area (Å²) in [7, 11) is 1.56. The number of hydrogen-bond donors (Lipinski definition) is 2. The van der Waals surface area contributed by atoms with Crippen LogP contribution in [0.4, 0.5) is 4.39 Å². The van der Waals surface area contributed by atoms with Gasteiger partial charge in [-0.25, -0.2) is 4.39 Å². The first-order valence-corrected chi connectivity index (χ1v) is 11.9. The highest BCUT2D eigenvalue weighted by Gasteiger charge is 2.22. The maximum absolute atomic E-state index is 13.3. The van der Waals surface area contributed by atoms with Crippen molar-refractivity contribution in [2.24, 2.45) is 0 Å². The van der Waals surface area contributed by atoms with Gasteiger partial charge in [0, 0.05) is 30.5 Å². The van der Waals surface area contributed by atoms with E-state index in [1.165, 1.54) is 12.1 Å². The third-order valence-corrected chi connectivity index (χ3v) is 5.68. The Morgan fingerprint density at radius 1 is 1.00 bits per heavy atom. The van der Waals surface area contributed by atoms with Crippen molar-refractivity contribution < 1.29 is 23.2 Å². The van der Waals surface area contributed by atoms with E-state index in [0.717, 1.165) is 5.56 Å². The van der Waals surface area contributed by atoms with Gasteiger partial charge in [0.1, 0.15) is 17.6 Å². The molecule has 190 valence electrons. The van der Waals surface area contributed by atoms with Crippen molar-refractivity contribution in [3.8, 4) is 17.1 Å². The van der Waals surface area contributed by atoms with E-state index in [-0.39, 0.29) is 29.9 Å². The number of aromatic nitrogens is 2. The van der Waals surface area contributed by atoms with Gasteiger partial charge in [0.25, 0.3) is 5.91 Å². The Hall–Kier alpha value is -4.53. The predicted molar refractivity (Wildman–Crippen MR) is 135 cm³/mol. The Kier molecular flexibility index (Phi) is 8.59. The Labute approximate surface area is 213 Å². The molecule has 1 aromatic heterocycles. The zero-order chi connectivity index (χ0) is 26.0. The average molecular weight is 503 g/mol. The zero-order valence-electron chi connectivity index (χ0n) is 20.3. The van der Waals surface area contributed by atoms with Crippen LogP contribution < -0.4 is 15.4 Å². The molecule has 1 atom stereocenters. The fourth-order valence-corrected chi connectivity index (χ4v) is 3.70. The topological polar surface area (TPSA) is 106 Å². The van der Waals surface area contributed by atoms with Crippen LogP contribution in [0, 0.1) is 5.82 Å². The normalized spacial score (nSPS) is 11.5. The van der Waals surface area contributed by atoms with Gasteiger partial charge in [0.15, 0.2) is 0 Å². The third-order valence-electron chi connectivity index (χ3n) is 5.68. The van der Waals surface area contributed by atoms with E-state index in [9.17, 15) is 14.0 Å². The predicted octanol–water partition coefficient (Wildman–Crippen LogP) is 4.49. The average Bonchev–Trinajstić information content (AvgIpc) is 3.42. The molecule has 0 aliphatic rings. The minimum absolute atomic E-state index is 0.202. The largest absolute Gasteiger partial charge is 0.497 e. The smallest absolute Gasteiger partial charge is 0.251 e. The number of nitrogens with zero attached hydrogens (tertiary/aromatic N) is 2. The first kappa shape index (κ1) is 25.6. The number of hydrogen-bond acceptors (Lipinski definition) is 6. The zero-order valence-corrected chi connectivity index (χ0v) is 20.3. The highest BCUT2D eigenvalue weighted by Crippen LogP contribution is 2.22. The number of amides is 2. The Morgan fingerprint density at radius 2 is 1.73 bits per heavy atom. The Balaban J connectivity index is 1.35. The van der Waals surface area contributed by atoms with Crippen molar-refractivity contribution >= 4 is 11.8 Å². The monoisotopic (exact) mass is 502 g/mol. The third kappa shape index (κ3) is 7.23. The molecule has 2 amide bonds. The molecule has 0 fully saturated rings. The summed E-state index contributed by atoms with van der Waals surface area (Å²) < 4.78 is 23.8. The number of ether oxygens (including phenoxy) is 1. The van der Waals surface area contributed by atoms with Gasteiger partial charge >= 0.3 is 0 Å². The molecule has 0 spiro atoms. The molecule has 9 heteroatoms. The Bertz CT molecular complexity index is 1310. The number of nitrogens with one attached hydrogen (secondary N) is 2. The van der Waals surface area contributed by atoms with Crippen molar-refractivity contribution in [1.82, 2.24) is 20.8 Å². The summed E-state index contributed by atoms with van der Waals surface area (Å²) in [6, 6.07) is 21.7. The van der Waals surface area contributed by atoms with E-state index in [1.54, 1.807) is 43.5 Å². The van der Waals surface area contributed by atoms with Crippen LogP contribution >= 0.6 is 0 Å². The molecule has 8 nitrogen and oxygen atoms in total. The van der Waals surface area contributed by atoms with Crippen LogP contribution in [-0.4, -0.2) is 35.6 Å². The molecular weight excluding hydrogens is 475 g/mol. The molecule has 1 heterocycles. The first-order chi connectivity index (χ1) is 18.0. The second-order valence-electron chi connectivity index (χ2n) is 8.36. The number of benzene rings is 3. The van der Waals surface area contributed by atoms with Crippen LogP contribution in [-0.2, 0) is 11.2 Å². The quantitative estimate of drug-likeness (QED) is 0.293. The number of halogens is 1. The summed E-state index contributed by atoms with van der Waals surface area (Å²) in [5.74, 6) is 0.449. The number of carbonyl (C=O) groups is 2. The molecule has 0 aliphatic carbocycles. The van der Waals surface area contributed by atoms with Crippen molar-refractivity contribution in [3.05, 3.63) is 102 Å². The fraction of sp³-hybridized carbons (Fsp3) is 0.214. The minimum Gasteiger partial charge on any atom is -0.497 e. The van der Waals surface area contributed by atoms with Gasteiger partial charge in [-0.1, -0.05) is 35.5 Å². The summed E-state index contributed by atoms with van der Waals surface area (Å²) in [6.07, 6.45) is 1.11. The summed E-state index contributed by atoms with van der Waals surface area (Å²) in [5, 5.41) is 9.79. The summed E-state index contributed by atoms with van der Waals surface area (Å²) in [5.41, 5.74) is 2.11. The van der Waals surface area contributed by atoms with Crippen LogP contribution in [0.2, 0.25) is 0 Å². The van der Waals surface area contributed by atoms with Gasteiger partial charge in [-0.15, -0.1) is 0 Å². The molecule has 0 saturated carbocycles. The molecular formula is C28H27FN4O4. The van der Waals surface area contributed by atoms with Crippen LogP contribution in [0.25, 0.3) is 11.4 Å². The van der Waals surface area contributed by atoms with Gasteiger partial charge in [-0.3, -0.25) is 9.59 Å². The van der Waals surface area contributed by atoms with Crippen LogP contribution in [0.15, 0.2) is 83.4 Å². The molecule has 0 unspecified atom stereocenters. The number of rotatable bonds is 11. The maximum atomic E-state index is 13.3. The SMILES string of the molecule is COc1ccc(C(=O)NCCCC(=O)N[C@@H](Cc2ccccc2)c2nc(-c3ccc(F)cc3)no2)cc1. The second kappa shape index (κ2) is 12.4. The lowest BCUT2D eigenvalue weighted by atomic mass is 10.1. The van der Waals surface area contributed by atoms with Crippen molar-refractivity contribution in [2.45, 2.75) is 25.3 Å². The molecule has 0 aliphatic heterocycles. The summed E-state index contributed by atoms with van der Waals surface area (Å²) >= 11 is 0. The van der Waals surface area contributed by atoms with Crippen LogP contribution in [0.1, 0.15) is 40.7 Å². The number of carbonyl (C=O) groups excluding carboxylic acids is 2. The number of methoxy groups -OCH3 is 1.